The molecule has 3 heteroatoms. The minimum absolute atomic E-state index is 0.854. The lowest BCUT2D eigenvalue weighted by Gasteiger charge is -2.31. The Morgan fingerprint density at radius 2 is 1.94 bits per heavy atom. The molecule has 3 rings (SSSR count). The third kappa shape index (κ3) is 2.13. The Hall–Kier alpha value is -0.120. The van der Waals surface area contributed by atoms with Crippen molar-refractivity contribution < 1.29 is 0 Å². The van der Waals surface area contributed by atoms with Gasteiger partial charge in [-0.2, -0.15) is 0 Å². The fourth-order valence-electron chi connectivity index (χ4n) is 3.50. The third-order valence-electron chi connectivity index (χ3n) is 4.95. The highest BCUT2D eigenvalue weighted by atomic mass is 15.3. The monoisotopic (exact) mass is 223 g/mol. The number of hydrogen-bond acceptors (Lipinski definition) is 3. The van der Waals surface area contributed by atoms with Crippen LogP contribution >= 0.6 is 0 Å². The van der Waals surface area contributed by atoms with E-state index in [4.69, 9.17) is 0 Å². The highest BCUT2D eigenvalue weighted by Gasteiger charge is 2.34. The Bertz CT molecular complexity index is 239. The molecule has 2 atom stereocenters. The van der Waals surface area contributed by atoms with Crippen LogP contribution in [0.4, 0.5) is 0 Å². The minimum atomic E-state index is 0.854. The molecule has 3 saturated heterocycles. The van der Waals surface area contributed by atoms with Gasteiger partial charge in [0, 0.05) is 18.6 Å². The molecule has 0 aromatic rings. The minimum Gasteiger partial charge on any atom is -0.316 e. The van der Waals surface area contributed by atoms with Gasteiger partial charge in [0.15, 0.2) is 0 Å². The number of likely N-dealkylation sites (N-methyl/N-ethyl adjacent to an activating group) is 1. The van der Waals surface area contributed by atoms with Crippen LogP contribution in [0.1, 0.15) is 25.7 Å². The Balaban J connectivity index is 1.49. The topological polar surface area (TPSA) is 18.5 Å². The zero-order valence-corrected chi connectivity index (χ0v) is 10.5. The summed E-state index contributed by atoms with van der Waals surface area (Å²) >= 11 is 0. The second-order valence-corrected chi connectivity index (χ2v) is 5.95. The zero-order valence-electron chi connectivity index (χ0n) is 10.5. The van der Waals surface area contributed by atoms with Gasteiger partial charge in [-0.15, -0.1) is 0 Å². The van der Waals surface area contributed by atoms with E-state index in [1.165, 1.54) is 58.4 Å². The summed E-state index contributed by atoms with van der Waals surface area (Å²) in [6.07, 6.45) is 5.69. The maximum absolute atomic E-state index is 3.37. The van der Waals surface area contributed by atoms with Gasteiger partial charge in [-0.1, -0.05) is 0 Å². The first kappa shape index (κ1) is 11.0. The van der Waals surface area contributed by atoms with Crippen molar-refractivity contribution in [3.05, 3.63) is 0 Å². The Morgan fingerprint density at radius 1 is 1.12 bits per heavy atom. The smallest absolute Gasteiger partial charge is 0.0223 e. The first-order valence-electron chi connectivity index (χ1n) is 6.98. The van der Waals surface area contributed by atoms with Crippen molar-refractivity contribution in [3.8, 4) is 0 Å². The number of likely N-dealkylation sites (tertiary alicyclic amines) is 1. The summed E-state index contributed by atoms with van der Waals surface area (Å²) in [6.45, 7) is 6.53. The molecule has 0 radical (unpaired) electrons. The van der Waals surface area contributed by atoms with Crippen LogP contribution < -0.4 is 5.32 Å². The summed E-state index contributed by atoms with van der Waals surface area (Å²) in [5, 5.41) is 3.37. The molecular weight excluding hydrogens is 198 g/mol. The summed E-state index contributed by atoms with van der Waals surface area (Å²) in [7, 11) is 2.34. The molecule has 0 aromatic heterocycles. The lowest BCUT2D eigenvalue weighted by molar-refractivity contribution is 0.199. The van der Waals surface area contributed by atoms with Gasteiger partial charge in [0.1, 0.15) is 0 Å². The van der Waals surface area contributed by atoms with E-state index in [0.29, 0.717) is 0 Å². The SMILES string of the molecule is CN1C2CCC1CN(CCC1CNC1)CC2. The molecule has 0 aromatic carbocycles. The lowest BCUT2D eigenvalue weighted by atomic mass is 9.99. The van der Waals surface area contributed by atoms with Crippen molar-refractivity contribution in [2.24, 2.45) is 5.92 Å². The predicted molar refractivity (Wildman–Crippen MR) is 66.6 cm³/mol. The van der Waals surface area contributed by atoms with Crippen LogP contribution in [-0.2, 0) is 0 Å². The van der Waals surface area contributed by atoms with E-state index in [0.717, 1.165) is 18.0 Å². The molecular formula is C13H25N3. The highest BCUT2D eigenvalue weighted by molar-refractivity contribution is 4.91. The molecule has 0 aliphatic carbocycles. The normalized spacial score (nSPS) is 37.3. The van der Waals surface area contributed by atoms with E-state index < -0.39 is 0 Å². The van der Waals surface area contributed by atoms with E-state index in [-0.39, 0.29) is 0 Å². The van der Waals surface area contributed by atoms with Crippen molar-refractivity contribution in [1.29, 1.82) is 0 Å². The Labute approximate surface area is 99.2 Å². The fourth-order valence-corrected chi connectivity index (χ4v) is 3.50. The molecule has 3 nitrogen and oxygen atoms in total. The molecule has 3 heterocycles. The van der Waals surface area contributed by atoms with Crippen LogP contribution in [0.25, 0.3) is 0 Å². The molecule has 2 bridgehead atoms. The van der Waals surface area contributed by atoms with Crippen LogP contribution in [0.15, 0.2) is 0 Å². The zero-order chi connectivity index (χ0) is 11.0. The van der Waals surface area contributed by atoms with Crippen molar-refractivity contribution in [2.45, 2.75) is 37.8 Å². The van der Waals surface area contributed by atoms with Gasteiger partial charge in [-0.3, -0.25) is 4.90 Å². The van der Waals surface area contributed by atoms with Crippen LogP contribution in [-0.4, -0.2) is 61.7 Å². The average Bonchev–Trinajstić information content (AvgIpc) is 2.43. The molecule has 3 aliphatic rings. The van der Waals surface area contributed by atoms with Crippen LogP contribution in [0, 0.1) is 5.92 Å². The fraction of sp³-hybridized carbons (Fsp3) is 1.00. The van der Waals surface area contributed by atoms with Crippen LogP contribution in [0.3, 0.4) is 0 Å². The van der Waals surface area contributed by atoms with Crippen molar-refractivity contribution >= 4 is 0 Å². The maximum Gasteiger partial charge on any atom is 0.0223 e. The molecule has 92 valence electrons. The quantitative estimate of drug-likeness (QED) is 0.762. The largest absolute Gasteiger partial charge is 0.316 e. The standard InChI is InChI=1S/C13H25N3/c1-15-12-2-3-13(15)10-16(7-5-12)6-4-11-8-14-9-11/h11-14H,2-10H2,1H3. The number of nitrogens with one attached hydrogen (secondary N) is 1. The van der Waals surface area contributed by atoms with E-state index in [1.54, 1.807) is 0 Å². The van der Waals surface area contributed by atoms with E-state index in [1.807, 2.05) is 0 Å². The summed E-state index contributed by atoms with van der Waals surface area (Å²) in [5.41, 5.74) is 0. The van der Waals surface area contributed by atoms with Crippen molar-refractivity contribution in [2.75, 3.05) is 39.8 Å². The Morgan fingerprint density at radius 3 is 2.69 bits per heavy atom. The molecule has 3 aliphatic heterocycles. The summed E-state index contributed by atoms with van der Waals surface area (Å²) in [6, 6.07) is 1.74. The second kappa shape index (κ2) is 4.63. The predicted octanol–water partition coefficient (Wildman–Crippen LogP) is 0.764. The molecule has 16 heavy (non-hydrogen) atoms. The van der Waals surface area contributed by atoms with Gasteiger partial charge in [-0.25, -0.2) is 0 Å². The second-order valence-electron chi connectivity index (χ2n) is 5.95. The lowest BCUT2D eigenvalue weighted by Crippen LogP contribution is -2.44. The van der Waals surface area contributed by atoms with Gasteiger partial charge in [0.2, 0.25) is 0 Å². The third-order valence-corrected chi connectivity index (χ3v) is 4.95. The molecule has 0 saturated carbocycles. The number of hydrogen-bond donors (Lipinski definition) is 1. The van der Waals surface area contributed by atoms with Gasteiger partial charge < -0.3 is 10.2 Å². The summed E-state index contributed by atoms with van der Waals surface area (Å²) in [5.74, 6) is 0.971. The number of fused-ring (bicyclic) bond motifs is 2. The van der Waals surface area contributed by atoms with Crippen molar-refractivity contribution in [3.63, 3.8) is 0 Å². The summed E-state index contributed by atoms with van der Waals surface area (Å²) < 4.78 is 0. The van der Waals surface area contributed by atoms with E-state index in [2.05, 4.69) is 22.2 Å². The van der Waals surface area contributed by atoms with Gasteiger partial charge >= 0.3 is 0 Å². The highest BCUT2D eigenvalue weighted by Crippen LogP contribution is 2.28. The van der Waals surface area contributed by atoms with Gasteiger partial charge in [0.25, 0.3) is 0 Å². The molecule has 0 amide bonds. The molecule has 1 N–H and O–H groups in total. The Kier molecular flexibility index (Phi) is 3.18. The molecule has 2 unspecified atom stereocenters. The van der Waals surface area contributed by atoms with E-state index >= 15 is 0 Å². The van der Waals surface area contributed by atoms with Gasteiger partial charge in [0.05, 0.1) is 0 Å². The number of rotatable bonds is 3. The van der Waals surface area contributed by atoms with Gasteiger partial charge in [-0.05, 0) is 64.8 Å². The maximum atomic E-state index is 3.37. The van der Waals surface area contributed by atoms with Crippen LogP contribution in [0.5, 0.6) is 0 Å². The number of nitrogens with zero attached hydrogens (tertiary/aromatic N) is 2. The average molecular weight is 223 g/mol. The first-order valence-corrected chi connectivity index (χ1v) is 6.98. The van der Waals surface area contributed by atoms with E-state index in [9.17, 15) is 0 Å². The first-order chi connectivity index (χ1) is 7.83. The summed E-state index contributed by atoms with van der Waals surface area (Å²) in [4.78, 5) is 5.36. The van der Waals surface area contributed by atoms with Crippen molar-refractivity contribution in [1.82, 2.24) is 15.1 Å². The van der Waals surface area contributed by atoms with Crippen LogP contribution in [0.2, 0.25) is 0 Å². The molecule has 0 spiro atoms. The molecule has 3 fully saturated rings.